The molecule has 0 atom stereocenters. The van der Waals surface area contributed by atoms with Gasteiger partial charge < -0.3 is 10.6 Å². The van der Waals surface area contributed by atoms with E-state index in [9.17, 15) is 13.2 Å². The van der Waals surface area contributed by atoms with Gasteiger partial charge in [-0.1, -0.05) is 13.8 Å². The first-order valence-corrected chi connectivity index (χ1v) is 10.8. The maximum absolute atomic E-state index is 12.7. The summed E-state index contributed by atoms with van der Waals surface area (Å²) in [6.45, 7) is 5.30. The Hall–Kier alpha value is -1.52. The molecule has 2 heterocycles. The summed E-state index contributed by atoms with van der Waals surface area (Å²) in [5.74, 6) is -0.181. The largest absolute Gasteiger partial charge is 0.325 e. The molecule has 1 aliphatic rings. The molecule has 0 bridgehead atoms. The number of hydrogen-bond acceptors (Lipinski definition) is 6. The van der Waals surface area contributed by atoms with Crippen molar-refractivity contribution in [2.45, 2.75) is 31.7 Å². The van der Waals surface area contributed by atoms with Crippen LogP contribution in [0.3, 0.4) is 0 Å². The Morgan fingerprint density at radius 2 is 2.04 bits per heavy atom. The molecule has 3 rings (SSSR count). The Balaban J connectivity index is 0.00000261. The van der Waals surface area contributed by atoms with Gasteiger partial charge in [-0.2, -0.15) is 4.31 Å². The first-order valence-electron chi connectivity index (χ1n) is 8.51. The maximum Gasteiger partial charge on any atom is 0.277 e. The maximum atomic E-state index is 12.7. The molecule has 0 unspecified atom stereocenters. The van der Waals surface area contributed by atoms with Gasteiger partial charge >= 0.3 is 0 Å². The fourth-order valence-electron chi connectivity index (χ4n) is 3.10. The van der Waals surface area contributed by atoms with Crippen molar-refractivity contribution in [3.63, 3.8) is 0 Å². The van der Waals surface area contributed by atoms with Crippen molar-refractivity contribution in [3.8, 4) is 0 Å². The summed E-state index contributed by atoms with van der Waals surface area (Å²) in [5, 5.41) is 2.43. The number of anilines is 1. The third-order valence-electron chi connectivity index (χ3n) is 4.48. The van der Waals surface area contributed by atoms with Gasteiger partial charge in [-0.3, -0.25) is 4.79 Å². The third-order valence-corrected chi connectivity index (χ3v) is 7.40. The Bertz CT molecular complexity index is 926. The molecule has 0 aliphatic carbocycles. The van der Waals surface area contributed by atoms with Crippen LogP contribution >= 0.6 is 23.7 Å². The minimum absolute atomic E-state index is 0. The average Bonchev–Trinajstić information content (AvgIpc) is 3.28. The van der Waals surface area contributed by atoms with Crippen LogP contribution < -0.4 is 10.6 Å². The van der Waals surface area contributed by atoms with Crippen LogP contribution in [0.15, 0.2) is 28.5 Å². The summed E-state index contributed by atoms with van der Waals surface area (Å²) in [5.41, 5.74) is 7.55. The molecule has 2 N–H and O–H groups in total. The number of nitrogens with two attached hydrogens (primary N) is 1. The summed E-state index contributed by atoms with van der Waals surface area (Å²) >= 11 is 1.36. The Labute approximate surface area is 169 Å². The van der Waals surface area contributed by atoms with Crippen LogP contribution in [0.5, 0.6) is 0 Å². The van der Waals surface area contributed by atoms with Gasteiger partial charge in [-0.15, -0.1) is 23.7 Å². The molecule has 0 saturated carbocycles. The highest BCUT2D eigenvalue weighted by molar-refractivity contribution is 7.89. The van der Waals surface area contributed by atoms with Crippen LogP contribution in [0.4, 0.5) is 5.69 Å². The van der Waals surface area contributed by atoms with Gasteiger partial charge in [0.15, 0.2) is 0 Å². The number of rotatable bonds is 6. The molecule has 0 radical (unpaired) electrons. The Morgan fingerprint density at radius 1 is 1.33 bits per heavy atom. The van der Waals surface area contributed by atoms with Gasteiger partial charge in [0.1, 0.15) is 10.7 Å². The van der Waals surface area contributed by atoms with E-state index in [2.05, 4.69) is 4.98 Å². The van der Waals surface area contributed by atoms with Crippen LogP contribution in [0.2, 0.25) is 0 Å². The van der Waals surface area contributed by atoms with Crippen molar-refractivity contribution >= 4 is 45.4 Å². The normalized spacial score (nSPS) is 13.6. The summed E-state index contributed by atoms with van der Waals surface area (Å²) in [7, 11) is -3.51. The number of nitrogens with zero attached hydrogens (tertiary/aromatic N) is 3. The van der Waals surface area contributed by atoms with Gasteiger partial charge in [0.25, 0.3) is 5.91 Å². The van der Waals surface area contributed by atoms with Crippen molar-refractivity contribution in [2.24, 2.45) is 5.73 Å². The Morgan fingerprint density at radius 3 is 2.63 bits per heavy atom. The van der Waals surface area contributed by atoms with Crippen molar-refractivity contribution in [1.82, 2.24) is 9.29 Å². The summed E-state index contributed by atoms with van der Waals surface area (Å²) < 4.78 is 26.8. The van der Waals surface area contributed by atoms with Crippen LogP contribution in [0.25, 0.3) is 0 Å². The number of hydrogen-bond donors (Lipinski definition) is 1. The molecular formula is C17H23ClN4O3S2. The molecule has 10 heteroatoms. The average molecular weight is 431 g/mol. The number of sulfonamides is 1. The summed E-state index contributed by atoms with van der Waals surface area (Å²) in [4.78, 5) is 18.9. The van der Waals surface area contributed by atoms with Gasteiger partial charge in [-0.05, 0) is 30.2 Å². The van der Waals surface area contributed by atoms with Gasteiger partial charge in [0.2, 0.25) is 10.0 Å². The second-order valence-electron chi connectivity index (χ2n) is 5.92. The van der Waals surface area contributed by atoms with Crippen LogP contribution in [0.1, 0.15) is 34.9 Å². The second kappa shape index (κ2) is 8.66. The van der Waals surface area contributed by atoms with E-state index in [-0.39, 0.29) is 23.2 Å². The number of aromatic nitrogens is 1. The molecule has 0 spiro atoms. The van der Waals surface area contributed by atoms with Crippen molar-refractivity contribution < 1.29 is 13.2 Å². The molecule has 0 saturated heterocycles. The lowest BCUT2D eigenvalue weighted by Crippen LogP contribution is -2.31. The van der Waals surface area contributed by atoms with Gasteiger partial charge in [0.05, 0.1) is 4.90 Å². The first kappa shape index (κ1) is 21.8. The number of fused-ring (bicyclic) bond motifs is 1. The van der Waals surface area contributed by atoms with E-state index in [1.54, 1.807) is 28.5 Å². The van der Waals surface area contributed by atoms with Gasteiger partial charge in [0, 0.05) is 37.2 Å². The van der Waals surface area contributed by atoms with Gasteiger partial charge in [-0.25, -0.2) is 13.4 Å². The van der Waals surface area contributed by atoms with Crippen LogP contribution in [0, 0.1) is 0 Å². The zero-order valence-corrected chi connectivity index (χ0v) is 17.7. The minimum Gasteiger partial charge on any atom is -0.325 e. The molecule has 1 aromatic carbocycles. The SMILES string of the molecule is CCN(CC)S(=O)(=O)c1ccc2c(c1)CCN2C(=O)c1csc(CN)n1.Cl. The van der Waals surface area contributed by atoms with Crippen molar-refractivity contribution in [2.75, 3.05) is 24.5 Å². The molecule has 27 heavy (non-hydrogen) atoms. The van der Waals surface area contributed by atoms with Crippen molar-refractivity contribution in [3.05, 3.63) is 39.8 Å². The van der Waals surface area contributed by atoms with E-state index < -0.39 is 10.0 Å². The monoisotopic (exact) mass is 430 g/mol. The third kappa shape index (κ3) is 4.02. The molecule has 7 nitrogen and oxygen atoms in total. The molecule has 148 valence electrons. The number of benzene rings is 1. The van der Waals surface area contributed by atoms with E-state index in [4.69, 9.17) is 5.73 Å². The number of halogens is 1. The van der Waals surface area contributed by atoms with E-state index >= 15 is 0 Å². The lowest BCUT2D eigenvalue weighted by molar-refractivity contribution is 0.0985. The fraction of sp³-hybridized carbons (Fsp3) is 0.412. The van der Waals surface area contributed by atoms with Crippen LogP contribution in [-0.2, 0) is 23.0 Å². The van der Waals surface area contributed by atoms with Crippen molar-refractivity contribution in [1.29, 1.82) is 0 Å². The number of thiazole rings is 1. The molecule has 1 amide bonds. The molecular weight excluding hydrogens is 408 g/mol. The minimum atomic E-state index is -3.51. The molecule has 2 aromatic rings. The van der Waals surface area contributed by atoms with E-state index in [0.29, 0.717) is 43.3 Å². The predicted molar refractivity (Wildman–Crippen MR) is 109 cm³/mol. The summed E-state index contributed by atoms with van der Waals surface area (Å²) in [6.07, 6.45) is 0.622. The molecule has 1 aliphatic heterocycles. The number of carbonyl (C=O) groups excluding carboxylic acids is 1. The smallest absolute Gasteiger partial charge is 0.277 e. The highest BCUT2D eigenvalue weighted by Crippen LogP contribution is 2.32. The standard InChI is InChI=1S/C17H22N4O3S2.ClH/c1-3-20(4-2)26(23,24)13-5-6-15-12(9-13)7-8-21(15)17(22)14-11-25-16(10-18)19-14;/h5-6,9,11H,3-4,7-8,10,18H2,1-2H3;1H. The highest BCUT2D eigenvalue weighted by atomic mass is 35.5. The second-order valence-corrected chi connectivity index (χ2v) is 8.80. The first-order chi connectivity index (χ1) is 12.4. The zero-order valence-electron chi connectivity index (χ0n) is 15.2. The zero-order chi connectivity index (χ0) is 18.9. The lowest BCUT2D eigenvalue weighted by atomic mass is 10.2. The van der Waals surface area contributed by atoms with Crippen LogP contribution in [-0.4, -0.2) is 43.2 Å². The van der Waals surface area contributed by atoms with E-state index in [1.807, 2.05) is 13.8 Å². The van der Waals surface area contributed by atoms with E-state index in [1.165, 1.54) is 15.6 Å². The fourth-order valence-corrected chi connectivity index (χ4v) is 5.26. The number of amides is 1. The Kier molecular flexibility index (Phi) is 6.98. The number of carbonyl (C=O) groups is 1. The predicted octanol–water partition coefficient (Wildman–Crippen LogP) is 2.26. The quantitative estimate of drug-likeness (QED) is 0.758. The topological polar surface area (TPSA) is 96.6 Å². The summed E-state index contributed by atoms with van der Waals surface area (Å²) in [6, 6.07) is 4.97. The highest BCUT2D eigenvalue weighted by Gasteiger charge is 2.29. The molecule has 1 aromatic heterocycles. The molecule has 0 fully saturated rings. The lowest BCUT2D eigenvalue weighted by Gasteiger charge is -2.20. The van der Waals surface area contributed by atoms with E-state index in [0.717, 1.165) is 11.3 Å².